The molecule has 2 aromatic carbocycles. The Morgan fingerprint density at radius 2 is 1.55 bits per heavy atom. The van der Waals surface area contributed by atoms with E-state index < -0.39 is 16.1 Å². The van der Waals surface area contributed by atoms with Crippen molar-refractivity contribution in [3.63, 3.8) is 0 Å². The van der Waals surface area contributed by atoms with E-state index >= 15 is 0 Å². The quantitative estimate of drug-likeness (QED) is 0.740. The Morgan fingerprint density at radius 1 is 0.966 bits per heavy atom. The highest BCUT2D eigenvalue weighted by atomic mass is 32.2. The van der Waals surface area contributed by atoms with Gasteiger partial charge in [-0.1, -0.05) is 26.0 Å². The first-order chi connectivity index (χ1) is 13.8. The maximum absolute atomic E-state index is 12.6. The zero-order chi connectivity index (χ0) is 21.0. The fraction of sp³-hybridized carbons (Fsp3) is 0.409. The van der Waals surface area contributed by atoms with E-state index in [1.54, 1.807) is 19.1 Å². The predicted molar refractivity (Wildman–Crippen MR) is 114 cm³/mol. The molecule has 0 saturated carbocycles. The number of amides is 1. The van der Waals surface area contributed by atoms with Crippen molar-refractivity contribution in [1.82, 2.24) is 4.31 Å². The molecule has 0 bridgehead atoms. The molecule has 2 aromatic rings. The van der Waals surface area contributed by atoms with Crippen LogP contribution in [-0.4, -0.2) is 37.8 Å². The minimum Gasteiger partial charge on any atom is -0.481 e. The average molecular weight is 417 g/mol. The Hall–Kier alpha value is -2.38. The number of carbonyl (C=O) groups is 1. The Kier molecular flexibility index (Phi) is 6.59. The van der Waals surface area contributed by atoms with Crippen molar-refractivity contribution in [3.8, 4) is 5.75 Å². The third-order valence-electron chi connectivity index (χ3n) is 5.05. The highest BCUT2D eigenvalue weighted by Gasteiger charge is 2.27. The lowest BCUT2D eigenvalue weighted by atomic mass is 10.0. The fourth-order valence-electron chi connectivity index (χ4n) is 3.22. The second-order valence-corrected chi connectivity index (χ2v) is 9.55. The van der Waals surface area contributed by atoms with E-state index in [9.17, 15) is 13.2 Å². The standard InChI is InChI=1S/C22H28N2O4S/c1-16(2)18-6-10-20(11-7-18)28-17(3)22(25)23-19-8-12-21(13-9-19)29(26,27)24-14-4-5-15-24/h6-13,16-17H,4-5,14-15H2,1-3H3,(H,23,25). The predicted octanol–water partition coefficient (Wildman–Crippen LogP) is 4.00. The van der Waals surface area contributed by atoms with Crippen LogP contribution in [0.25, 0.3) is 0 Å². The molecule has 1 saturated heterocycles. The van der Waals surface area contributed by atoms with Crippen LogP contribution in [0.2, 0.25) is 0 Å². The minimum atomic E-state index is -3.45. The number of hydrogen-bond donors (Lipinski definition) is 1. The molecular formula is C22H28N2O4S. The fourth-order valence-corrected chi connectivity index (χ4v) is 4.74. The van der Waals surface area contributed by atoms with Gasteiger partial charge < -0.3 is 10.1 Å². The van der Waals surface area contributed by atoms with Gasteiger partial charge in [0.1, 0.15) is 5.75 Å². The number of benzene rings is 2. The van der Waals surface area contributed by atoms with Crippen LogP contribution in [0, 0.1) is 0 Å². The molecule has 3 rings (SSSR count). The van der Waals surface area contributed by atoms with Gasteiger partial charge in [-0.25, -0.2) is 8.42 Å². The molecule has 1 aliphatic rings. The summed E-state index contributed by atoms with van der Waals surface area (Å²) in [6, 6.07) is 14.0. The second-order valence-electron chi connectivity index (χ2n) is 7.61. The largest absolute Gasteiger partial charge is 0.481 e. The lowest BCUT2D eigenvalue weighted by molar-refractivity contribution is -0.122. The number of sulfonamides is 1. The van der Waals surface area contributed by atoms with Gasteiger partial charge in [0.25, 0.3) is 5.91 Å². The van der Waals surface area contributed by atoms with Gasteiger partial charge in [0.05, 0.1) is 4.90 Å². The lowest BCUT2D eigenvalue weighted by Gasteiger charge is -2.17. The molecule has 156 valence electrons. The monoisotopic (exact) mass is 416 g/mol. The zero-order valence-electron chi connectivity index (χ0n) is 17.1. The van der Waals surface area contributed by atoms with Crippen LogP contribution >= 0.6 is 0 Å². The number of nitrogens with zero attached hydrogens (tertiary/aromatic N) is 1. The number of nitrogens with one attached hydrogen (secondary N) is 1. The SMILES string of the molecule is CC(Oc1ccc(C(C)C)cc1)C(=O)Nc1ccc(S(=O)(=O)N2CCCC2)cc1. The van der Waals surface area contributed by atoms with Gasteiger partial charge in [0, 0.05) is 18.8 Å². The van der Waals surface area contributed by atoms with E-state index in [1.807, 2.05) is 24.3 Å². The topological polar surface area (TPSA) is 75.7 Å². The summed E-state index contributed by atoms with van der Waals surface area (Å²) in [6.45, 7) is 7.04. The molecule has 1 unspecified atom stereocenters. The maximum atomic E-state index is 12.6. The Balaban J connectivity index is 1.59. The highest BCUT2D eigenvalue weighted by Crippen LogP contribution is 2.23. The van der Waals surface area contributed by atoms with E-state index in [2.05, 4.69) is 19.2 Å². The molecule has 0 radical (unpaired) electrons. The van der Waals surface area contributed by atoms with Crippen molar-refractivity contribution in [1.29, 1.82) is 0 Å². The van der Waals surface area contributed by atoms with E-state index in [0.29, 0.717) is 30.4 Å². The molecule has 1 aliphatic heterocycles. The van der Waals surface area contributed by atoms with E-state index in [-0.39, 0.29) is 10.8 Å². The van der Waals surface area contributed by atoms with Gasteiger partial charge in [-0.05, 0) is 67.6 Å². The molecule has 29 heavy (non-hydrogen) atoms. The normalized spacial score (nSPS) is 16.0. The Bertz CT molecular complexity index is 932. The highest BCUT2D eigenvalue weighted by molar-refractivity contribution is 7.89. The van der Waals surface area contributed by atoms with Gasteiger partial charge in [-0.3, -0.25) is 4.79 Å². The molecular weight excluding hydrogens is 388 g/mol. The molecule has 1 heterocycles. The van der Waals surface area contributed by atoms with Crippen LogP contribution < -0.4 is 10.1 Å². The molecule has 0 spiro atoms. The summed E-state index contributed by atoms with van der Waals surface area (Å²) in [6.07, 6.45) is 1.10. The van der Waals surface area contributed by atoms with Gasteiger partial charge in [-0.2, -0.15) is 4.31 Å². The first-order valence-corrected chi connectivity index (χ1v) is 11.4. The minimum absolute atomic E-state index is 0.243. The van der Waals surface area contributed by atoms with Crippen molar-refractivity contribution in [3.05, 3.63) is 54.1 Å². The third-order valence-corrected chi connectivity index (χ3v) is 6.97. The molecule has 1 N–H and O–H groups in total. The number of ether oxygens (including phenoxy) is 1. The first kappa shape index (κ1) is 21.3. The summed E-state index contributed by atoms with van der Waals surface area (Å²) in [4.78, 5) is 12.7. The first-order valence-electron chi connectivity index (χ1n) is 9.95. The van der Waals surface area contributed by atoms with Crippen LogP contribution in [-0.2, 0) is 14.8 Å². The molecule has 1 amide bonds. The number of hydrogen-bond acceptors (Lipinski definition) is 4. The summed E-state index contributed by atoms with van der Waals surface area (Å²) in [5.41, 5.74) is 1.74. The van der Waals surface area contributed by atoms with Gasteiger partial charge in [0.2, 0.25) is 10.0 Å². The summed E-state index contributed by atoms with van der Waals surface area (Å²) in [7, 11) is -3.45. The molecule has 6 nitrogen and oxygen atoms in total. The third kappa shape index (κ3) is 5.16. The molecule has 0 aromatic heterocycles. The lowest BCUT2D eigenvalue weighted by Crippen LogP contribution is -2.30. The second kappa shape index (κ2) is 8.97. The molecule has 0 aliphatic carbocycles. The number of rotatable bonds is 7. The van der Waals surface area contributed by atoms with E-state index in [4.69, 9.17) is 4.74 Å². The van der Waals surface area contributed by atoms with E-state index in [1.165, 1.54) is 22.0 Å². The molecule has 1 fully saturated rings. The average Bonchev–Trinajstić information content (AvgIpc) is 3.24. The smallest absolute Gasteiger partial charge is 0.265 e. The Morgan fingerprint density at radius 3 is 2.10 bits per heavy atom. The number of anilines is 1. The molecule has 1 atom stereocenters. The Labute approximate surface area is 172 Å². The van der Waals surface area contributed by atoms with Crippen molar-refractivity contribution >= 4 is 21.6 Å². The molecule has 7 heteroatoms. The van der Waals surface area contributed by atoms with Gasteiger partial charge in [0.15, 0.2) is 6.10 Å². The zero-order valence-corrected chi connectivity index (χ0v) is 17.9. The van der Waals surface area contributed by atoms with Gasteiger partial charge >= 0.3 is 0 Å². The van der Waals surface area contributed by atoms with Crippen LogP contribution in [0.4, 0.5) is 5.69 Å². The van der Waals surface area contributed by atoms with Crippen molar-refractivity contribution < 1.29 is 17.9 Å². The van der Waals surface area contributed by atoms with Crippen molar-refractivity contribution in [2.75, 3.05) is 18.4 Å². The van der Waals surface area contributed by atoms with Crippen molar-refractivity contribution in [2.24, 2.45) is 0 Å². The van der Waals surface area contributed by atoms with Crippen LogP contribution in [0.3, 0.4) is 0 Å². The summed E-state index contributed by atoms with van der Waals surface area (Å²) < 4.78 is 32.3. The summed E-state index contributed by atoms with van der Waals surface area (Å²) >= 11 is 0. The maximum Gasteiger partial charge on any atom is 0.265 e. The van der Waals surface area contributed by atoms with Crippen molar-refractivity contribution in [2.45, 2.75) is 50.5 Å². The van der Waals surface area contributed by atoms with Crippen LogP contribution in [0.5, 0.6) is 5.75 Å². The van der Waals surface area contributed by atoms with Crippen LogP contribution in [0.15, 0.2) is 53.4 Å². The van der Waals surface area contributed by atoms with Gasteiger partial charge in [-0.15, -0.1) is 0 Å². The summed E-state index contributed by atoms with van der Waals surface area (Å²) in [5, 5.41) is 2.77. The number of carbonyl (C=O) groups excluding carboxylic acids is 1. The van der Waals surface area contributed by atoms with Crippen LogP contribution in [0.1, 0.15) is 45.1 Å². The summed E-state index contributed by atoms with van der Waals surface area (Å²) in [5.74, 6) is 0.763. The van der Waals surface area contributed by atoms with E-state index in [0.717, 1.165) is 12.8 Å².